The van der Waals surface area contributed by atoms with E-state index in [0.29, 0.717) is 24.2 Å². The van der Waals surface area contributed by atoms with Gasteiger partial charge in [-0.1, -0.05) is 18.2 Å². The number of hydrogen-bond acceptors (Lipinski definition) is 2. The molecule has 3 rings (SSSR count). The quantitative estimate of drug-likeness (QED) is 0.878. The van der Waals surface area contributed by atoms with Crippen LogP contribution in [-0.4, -0.2) is 17.6 Å². The Kier molecular flexibility index (Phi) is 3.45. The second kappa shape index (κ2) is 5.18. The van der Waals surface area contributed by atoms with Crippen LogP contribution in [0.2, 0.25) is 0 Å². The van der Waals surface area contributed by atoms with Crippen molar-refractivity contribution in [2.75, 3.05) is 11.4 Å². The third-order valence-electron chi connectivity index (χ3n) is 4.01. The van der Waals surface area contributed by atoms with Gasteiger partial charge < -0.3 is 10.0 Å². The van der Waals surface area contributed by atoms with Crippen LogP contribution in [0.15, 0.2) is 42.5 Å². The number of benzene rings is 2. The molecule has 1 N–H and O–H groups in total. The third-order valence-corrected chi connectivity index (χ3v) is 4.01. The van der Waals surface area contributed by atoms with Crippen molar-refractivity contribution >= 4 is 11.6 Å². The monoisotopic (exact) mass is 303 g/mol. The Labute approximate surface area is 126 Å². The van der Waals surface area contributed by atoms with E-state index in [2.05, 4.69) is 0 Å². The summed E-state index contributed by atoms with van der Waals surface area (Å²) in [7, 11) is 0. The molecule has 2 aromatic carbocycles. The van der Waals surface area contributed by atoms with E-state index in [-0.39, 0.29) is 5.56 Å². The summed E-state index contributed by atoms with van der Waals surface area (Å²) < 4.78 is 26.4. The Morgan fingerprint density at radius 3 is 2.64 bits per heavy atom. The number of carbonyl (C=O) groups is 1. The molecule has 0 radical (unpaired) electrons. The number of hydrogen-bond donors (Lipinski definition) is 1. The molecule has 1 amide bonds. The fourth-order valence-corrected chi connectivity index (χ4v) is 2.75. The van der Waals surface area contributed by atoms with Gasteiger partial charge >= 0.3 is 0 Å². The second-order valence-corrected chi connectivity index (χ2v) is 5.63. The van der Waals surface area contributed by atoms with Gasteiger partial charge in [-0.25, -0.2) is 8.78 Å². The summed E-state index contributed by atoms with van der Waals surface area (Å²) in [4.78, 5) is 14.1. The molecule has 1 aliphatic rings. The largest absolute Gasteiger partial charge is 0.385 e. The number of nitrogens with zero attached hydrogens (tertiary/aromatic N) is 1. The maximum Gasteiger partial charge on any atom is 0.258 e. The van der Waals surface area contributed by atoms with Crippen LogP contribution >= 0.6 is 0 Å². The summed E-state index contributed by atoms with van der Waals surface area (Å²) in [6.45, 7) is 2.01. The molecule has 1 atom stereocenters. The zero-order valence-electron chi connectivity index (χ0n) is 12.0. The van der Waals surface area contributed by atoms with E-state index < -0.39 is 23.1 Å². The number of anilines is 1. The average molecular weight is 303 g/mol. The van der Waals surface area contributed by atoms with Gasteiger partial charge in [-0.2, -0.15) is 0 Å². The van der Waals surface area contributed by atoms with Gasteiger partial charge in [0.05, 0.1) is 11.3 Å². The molecule has 2 aromatic rings. The Bertz CT molecular complexity index is 743. The first-order valence-electron chi connectivity index (χ1n) is 6.99. The van der Waals surface area contributed by atoms with E-state index >= 15 is 0 Å². The summed E-state index contributed by atoms with van der Waals surface area (Å²) >= 11 is 0. The highest BCUT2D eigenvalue weighted by Crippen LogP contribution is 2.38. The predicted octanol–water partition coefficient (Wildman–Crippen LogP) is 3.22. The molecule has 0 saturated heterocycles. The van der Waals surface area contributed by atoms with Gasteiger partial charge in [-0.15, -0.1) is 0 Å². The maximum absolute atomic E-state index is 13.3. The normalized spacial score (nSPS) is 20.6. The molecule has 0 aromatic heterocycles. The summed E-state index contributed by atoms with van der Waals surface area (Å²) in [5.41, 5.74) is 0.308. The zero-order chi connectivity index (χ0) is 15.9. The van der Waals surface area contributed by atoms with E-state index in [0.717, 1.165) is 12.1 Å². The standard InChI is InChI=1S/C17H15F2NO2/c1-17(22)8-9-20(15-5-3-2-4-12(15)17)16(21)11-6-7-13(18)14(19)10-11/h2-7,10,22H,8-9H2,1H3. The van der Waals surface area contributed by atoms with E-state index in [1.165, 1.54) is 11.0 Å². The van der Waals surface area contributed by atoms with Gasteiger partial charge in [-0.3, -0.25) is 4.79 Å². The molecule has 114 valence electrons. The molecule has 5 heteroatoms. The SMILES string of the molecule is CC1(O)CCN(C(=O)c2ccc(F)c(F)c2)c2ccccc21. The van der Waals surface area contributed by atoms with Crippen molar-refractivity contribution in [3.63, 3.8) is 0 Å². The minimum absolute atomic E-state index is 0.0789. The van der Waals surface area contributed by atoms with E-state index in [4.69, 9.17) is 0 Å². The topological polar surface area (TPSA) is 40.5 Å². The van der Waals surface area contributed by atoms with Crippen molar-refractivity contribution in [2.24, 2.45) is 0 Å². The Hall–Kier alpha value is -2.27. The third kappa shape index (κ3) is 2.37. The van der Waals surface area contributed by atoms with Crippen molar-refractivity contribution < 1.29 is 18.7 Å². The van der Waals surface area contributed by atoms with E-state index in [9.17, 15) is 18.7 Å². The lowest BCUT2D eigenvalue weighted by molar-refractivity contribution is 0.0450. The van der Waals surface area contributed by atoms with Crippen molar-refractivity contribution in [2.45, 2.75) is 18.9 Å². The lowest BCUT2D eigenvalue weighted by atomic mass is 9.87. The van der Waals surface area contributed by atoms with Crippen LogP contribution in [0.5, 0.6) is 0 Å². The molecular weight excluding hydrogens is 288 g/mol. The number of aliphatic hydroxyl groups is 1. The fourth-order valence-electron chi connectivity index (χ4n) is 2.75. The number of rotatable bonds is 1. The van der Waals surface area contributed by atoms with Gasteiger partial charge in [0.25, 0.3) is 5.91 Å². The number of carbonyl (C=O) groups excluding carboxylic acids is 1. The highest BCUT2D eigenvalue weighted by atomic mass is 19.2. The number of para-hydroxylation sites is 1. The summed E-state index contributed by atoms with van der Waals surface area (Å²) in [6.07, 6.45) is 0.374. The van der Waals surface area contributed by atoms with Gasteiger partial charge in [0, 0.05) is 17.7 Å². The average Bonchev–Trinajstić information content (AvgIpc) is 2.50. The molecule has 1 unspecified atom stereocenters. The number of halogens is 2. The molecule has 22 heavy (non-hydrogen) atoms. The maximum atomic E-state index is 13.3. The first kappa shape index (κ1) is 14.7. The zero-order valence-corrected chi connectivity index (χ0v) is 12.0. The van der Waals surface area contributed by atoms with E-state index in [1.54, 1.807) is 31.2 Å². The number of amides is 1. The summed E-state index contributed by atoms with van der Waals surface area (Å²) in [6, 6.07) is 10.2. The second-order valence-electron chi connectivity index (χ2n) is 5.63. The Morgan fingerprint density at radius 2 is 1.91 bits per heavy atom. The molecule has 0 fully saturated rings. The van der Waals surface area contributed by atoms with E-state index in [1.807, 2.05) is 0 Å². The van der Waals surface area contributed by atoms with Crippen LogP contribution in [0.1, 0.15) is 29.3 Å². The van der Waals surface area contributed by atoms with Gasteiger partial charge in [0.2, 0.25) is 0 Å². The molecular formula is C17H15F2NO2. The first-order chi connectivity index (χ1) is 10.4. The lowest BCUT2D eigenvalue weighted by Gasteiger charge is -2.38. The van der Waals surface area contributed by atoms with Gasteiger partial charge in [-0.05, 0) is 37.6 Å². The minimum Gasteiger partial charge on any atom is -0.385 e. The molecule has 1 heterocycles. The van der Waals surface area contributed by atoms with Crippen LogP contribution < -0.4 is 4.90 Å². The molecule has 0 saturated carbocycles. The van der Waals surface area contributed by atoms with Crippen molar-refractivity contribution in [3.8, 4) is 0 Å². The van der Waals surface area contributed by atoms with Crippen LogP contribution in [-0.2, 0) is 5.60 Å². The fraction of sp³-hybridized carbons (Fsp3) is 0.235. The minimum atomic E-state index is -1.05. The van der Waals surface area contributed by atoms with Crippen molar-refractivity contribution in [1.82, 2.24) is 0 Å². The van der Waals surface area contributed by atoms with Gasteiger partial charge in [0.15, 0.2) is 11.6 Å². The summed E-state index contributed by atoms with van der Waals surface area (Å²) in [5, 5.41) is 10.4. The predicted molar refractivity (Wildman–Crippen MR) is 78.7 cm³/mol. The van der Waals surface area contributed by atoms with Gasteiger partial charge in [0.1, 0.15) is 0 Å². The molecule has 0 spiro atoms. The van der Waals surface area contributed by atoms with Crippen LogP contribution in [0.3, 0.4) is 0 Å². The molecule has 1 aliphatic heterocycles. The lowest BCUT2D eigenvalue weighted by Crippen LogP contribution is -2.42. The Morgan fingerprint density at radius 1 is 1.18 bits per heavy atom. The van der Waals surface area contributed by atoms with Crippen molar-refractivity contribution in [3.05, 3.63) is 65.2 Å². The molecule has 0 bridgehead atoms. The van der Waals surface area contributed by atoms with Crippen molar-refractivity contribution in [1.29, 1.82) is 0 Å². The van der Waals surface area contributed by atoms with Crippen LogP contribution in [0.25, 0.3) is 0 Å². The molecule has 0 aliphatic carbocycles. The first-order valence-corrected chi connectivity index (χ1v) is 6.99. The smallest absolute Gasteiger partial charge is 0.258 e. The van der Waals surface area contributed by atoms with Crippen LogP contribution in [0, 0.1) is 11.6 Å². The highest BCUT2D eigenvalue weighted by Gasteiger charge is 2.35. The Balaban J connectivity index is 2.02. The highest BCUT2D eigenvalue weighted by molar-refractivity contribution is 6.06. The summed E-state index contributed by atoms with van der Waals surface area (Å²) in [5.74, 6) is -2.46. The number of fused-ring (bicyclic) bond motifs is 1. The molecule has 3 nitrogen and oxygen atoms in total. The van der Waals surface area contributed by atoms with Crippen LogP contribution in [0.4, 0.5) is 14.5 Å².